The van der Waals surface area contributed by atoms with Crippen molar-refractivity contribution in [3.05, 3.63) is 57.2 Å². The van der Waals surface area contributed by atoms with Crippen LogP contribution >= 0.6 is 20.7 Å². The molecule has 0 unspecified atom stereocenters. The van der Waals surface area contributed by atoms with E-state index in [2.05, 4.69) is 10.6 Å². The van der Waals surface area contributed by atoms with Gasteiger partial charge in [-0.15, -0.1) is 0 Å². The molecule has 0 fully saturated rings. The minimum absolute atomic E-state index is 0.0932. The smallest absolute Gasteiger partial charge is 0.159 e. The van der Waals surface area contributed by atoms with Crippen LogP contribution in [0.15, 0.2) is 40.0 Å². The van der Waals surface area contributed by atoms with Crippen LogP contribution in [0.1, 0.15) is 5.56 Å². The minimum atomic E-state index is -0.532. The molecule has 1 aliphatic rings. The number of nitrogens with one attached hydrogen (secondary N) is 2. The number of halogens is 4. The lowest BCUT2D eigenvalue weighted by Gasteiger charge is -2.03. The van der Waals surface area contributed by atoms with Gasteiger partial charge in [-0.1, -0.05) is 32.9 Å². The first kappa shape index (κ1) is 18.1. The van der Waals surface area contributed by atoms with Crippen LogP contribution in [0.3, 0.4) is 0 Å². The Morgan fingerprint density at radius 2 is 1.57 bits per heavy atom. The van der Waals surface area contributed by atoms with Crippen molar-refractivity contribution < 1.29 is 13.2 Å². The zero-order valence-electron chi connectivity index (χ0n) is 11.9. The predicted molar refractivity (Wildman–Crippen MR) is 90.4 cm³/mol. The van der Waals surface area contributed by atoms with Gasteiger partial charge in [0.15, 0.2) is 3.76 Å². The van der Waals surface area contributed by atoms with Crippen LogP contribution in [0.5, 0.6) is 0 Å². The molecule has 0 radical (unpaired) electrons. The second-order valence-electron chi connectivity index (χ2n) is 4.22. The van der Waals surface area contributed by atoms with Crippen molar-refractivity contribution in [3.8, 4) is 0 Å². The monoisotopic (exact) mass is 410 g/mol. The summed E-state index contributed by atoms with van der Waals surface area (Å²) in [5.41, 5.74) is 1.43. The number of benzene rings is 1. The molecule has 0 aromatic heterocycles. The number of likely N-dealkylation sites (N-methyl/N-ethyl adjacent to an activating group) is 1. The standard InChI is InChI=1S/C8H9F2N.C7H9FIN/c1-11-5-6-2-7(9)4-8(10)3-6;1-10-5-6-3-2-4-9-7(6)8/h2-4,11H,5H2,1H3;2-4,10H,5H2,1H3. The Morgan fingerprint density at radius 3 is 2.10 bits per heavy atom. The highest BCUT2D eigenvalue weighted by Crippen LogP contribution is 2.16. The Morgan fingerprint density at radius 1 is 0.952 bits per heavy atom. The maximum absolute atomic E-state index is 12.8. The molecule has 0 saturated heterocycles. The maximum atomic E-state index is 12.8. The van der Waals surface area contributed by atoms with Crippen molar-refractivity contribution in [1.29, 1.82) is 0 Å². The van der Waals surface area contributed by atoms with E-state index < -0.39 is 32.4 Å². The van der Waals surface area contributed by atoms with Gasteiger partial charge in [0.25, 0.3) is 0 Å². The molecule has 0 atom stereocenters. The van der Waals surface area contributed by atoms with Gasteiger partial charge in [-0.05, 0) is 35.9 Å². The lowest BCUT2D eigenvalue weighted by atomic mass is 10.2. The van der Waals surface area contributed by atoms with E-state index in [1.165, 1.54) is 12.1 Å². The summed E-state index contributed by atoms with van der Waals surface area (Å²) < 4.78 is 39.8. The molecule has 2 N–H and O–H groups in total. The molecule has 0 bridgehead atoms. The fourth-order valence-corrected chi connectivity index (χ4v) is 3.11. The highest BCUT2D eigenvalue weighted by molar-refractivity contribution is 14.2. The Bertz CT molecular complexity index is 534. The molecule has 0 saturated carbocycles. The van der Waals surface area contributed by atoms with Gasteiger partial charge in [-0.3, -0.25) is 0 Å². The van der Waals surface area contributed by atoms with E-state index in [9.17, 15) is 13.2 Å². The summed E-state index contributed by atoms with van der Waals surface area (Å²) in [6.07, 6.45) is 3.76. The van der Waals surface area contributed by atoms with Crippen LogP contribution in [-0.4, -0.2) is 24.4 Å². The summed E-state index contributed by atoms with van der Waals surface area (Å²) in [4.78, 5) is 0. The van der Waals surface area contributed by atoms with Crippen LogP contribution in [0, 0.1) is 11.6 Å². The van der Waals surface area contributed by atoms with E-state index >= 15 is 0 Å². The zero-order chi connectivity index (χ0) is 15.7. The van der Waals surface area contributed by atoms with E-state index in [1.807, 2.05) is 23.3 Å². The molecular formula is C15H18F3IN2. The molecule has 1 aromatic carbocycles. The largest absolute Gasteiger partial charge is 0.316 e. The molecule has 1 heterocycles. The van der Waals surface area contributed by atoms with Gasteiger partial charge in [-0.25, -0.2) is 13.2 Å². The maximum Gasteiger partial charge on any atom is 0.159 e. The molecule has 116 valence electrons. The molecule has 2 nitrogen and oxygen atoms in total. The van der Waals surface area contributed by atoms with E-state index in [0.717, 1.165) is 11.6 Å². The fraction of sp³-hybridized carbons (Fsp3) is 0.267. The van der Waals surface area contributed by atoms with Gasteiger partial charge in [-0.2, -0.15) is 0 Å². The third-order valence-electron chi connectivity index (χ3n) is 2.44. The summed E-state index contributed by atoms with van der Waals surface area (Å²) in [6, 6.07) is 3.47. The van der Waals surface area contributed by atoms with Crippen molar-refractivity contribution in [2.24, 2.45) is 0 Å². The van der Waals surface area contributed by atoms with E-state index in [1.54, 1.807) is 7.05 Å². The molecular weight excluding hydrogens is 392 g/mol. The SMILES string of the molecule is CNCC1=CC=CI=C1F.CNCc1cc(F)cc(F)c1. The van der Waals surface area contributed by atoms with Gasteiger partial charge in [0.05, 0.1) is 0 Å². The van der Waals surface area contributed by atoms with Crippen LogP contribution in [0.25, 0.3) is 0 Å². The molecule has 6 heteroatoms. The van der Waals surface area contributed by atoms with Crippen molar-refractivity contribution in [1.82, 2.24) is 10.6 Å². The number of rotatable bonds is 4. The Kier molecular flexibility index (Phi) is 8.48. The van der Waals surface area contributed by atoms with Crippen molar-refractivity contribution >= 4 is 24.5 Å². The number of allylic oxidation sites excluding steroid dienone is 2. The first-order valence-electron chi connectivity index (χ1n) is 6.33. The topological polar surface area (TPSA) is 24.1 Å². The van der Waals surface area contributed by atoms with Gasteiger partial charge < -0.3 is 10.6 Å². The van der Waals surface area contributed by atoms with E-state index in [0.29, 0.717) is 18.7 Å². The highest BCUT2D eigenvalue weighted by Gasteiger charge is 2.03. The van der Waals surface area contributed by atoms with Crippen molar-refractivity contribution in [2.45, 2.75) is 6.54 Å². The van der Waals surface area contributed by atoms with Gasteiger partial charge in [0.1, 0.15) is 11.6 Å². The lowest BCUT2D eigenvalue weighted by Crippen LogP contribution is -2.14. The number of hydrogen-bond acceptors (Lipinski definition) is 2. The minimum Gasteiger partial charge on any atom is -0.316 e. The van der Waals surface area contributed by atoms with Crippen LogP contribution in [-0.2, 0) is 6.54 Å². The molecule has 0 aliphatic carbocycles. The average Bonchev–Trinajstić information content (AvgIpc) is 2.42. The molecule has 2 rings (SSSR count). The Hall–Kier alpha value is -0.990. The second-order valence-corrected chi connectivity index (χ2v) is 6.51. The highest BCUT2D eigenvalue weighted by atomic mass is 127. The summed E-state index contributed by atoms with van der Waals surface area (Å²) in [5.74, 6) is -1.06. The molecule has 1 aliphatic heterocycles. The lowest BCUT2D eigenvalue weighted by molar-refractivity contribution is 0.578. The summed E-state index contributed by atoms with van der Waals surface area (Å²) in [5, 5.41) is 5.73. The second kappa shape index (κ2) is 9.86. The number of hydrogen-bond donors (Lipinski definition) is 2. The molecule has 1 aromatic rings. The predicted octanol–water partition coefficient (Wildman–Crippen LogP) is 3.41. The summed E-state index contributed by atoms with van der Waals surface area (Å²) >= 11 is -0.440. The fourth-order valence-electron chi connectivity index (χ4n) is 1.61. The Balaban J connectivity index is 0.000000211. The first-order chi connectivity index (χ1) is 10.1. The van der Waals surface area contributed by atoms with Crippen LogP contribution < -0.4 is 10.6 Å². The molecule has 0 spiro atoms. The average molecular weight is 410 g/mol. The van der Waals surface area contributed by atoms with Crippen molar-refractivity contribution in [2.75, 3.05) is 20.6 Å². The van der Waals surface area contributed by atoms with E-state index in [4.69, 9.17) is 0 Å². The van der Waals surface area contributed by atoms with Gasteiger partial charge >= 0.3 is 0 Å². The Labute approximate surface area is 132 Å². The first-order valence-corrected chi connectivity index (χ1v) is 8.65. The molecule has 0 amide bonds. The quantitative estimate of drug-likeness (QED) is 0.744. The summed E-state index contributed by atoms with van der Waals surface area (Å²) in [6.45, 7) is 1.13. The van der Waals surface area contributed by atoms with Crippen LogP contribution in [0.4, 0.5) is 13.2 Å². The normalized spacial score (nSPS) is 13.6. The third kappa shape index (κ3) is 7.01. The zero-order valence-corrected chi connectivity index (χ0v) is 14.0. The van der Waals surface area contributed by atoms with Gasteiger partial charge in [0.2, 0.25) is 0 Å². The van der Waals surface area contributed by atoms with Crippen molar-refractivity contribution in [3.63, 3.8) is 0 Å². The van der Waals surface area contributed by atoms with E-state index in [-0.39, 0.29) is 3.76 Å². The third-order valence-corrected chi connectivity index (χ3v) is 4.46. The summed E-state index contributed by atoms with van der Waals surface area (Å²) in [7, 11) is 3.55. The van der Waals surface area contributed by atoms with Gasteiger partial charge in [0, 0.05) is 24.7 Å². The van der Waals surface area contributed by atoms with Crippen LogP contribution in [0.2, 0.25) is 0 Å². The molecule has 21 heavy (non-hydrogen) atoms.